The first-order valence-corrected chi connectivity index (χ1v) is 5.66. The number of nitro groups is 1. The molecule has 1 rings (SSSR count). The van der Waals surface area contributed by atoms with Crippen molar-refractivity contribution in [3.05, 3.63) is 34.4 Å². The Kier molecular flexibility index (Phi) is 5.63. The third-order valence-electron chi connectivity index (χ3n) is 2.17. The van der Waals surface area contributed by atoms with E-state index in [2.05, 4.69) is 0 Å². The first-order valence-electron chi connectivity index (χ1n) is 5.66. The zero-order chi connectivity index (χ0) is 13.4. The van der Waals surface area contributed by atoms with Gasteiger partial charge in [0.25, 0.3) is 5.69 Å². The molecule has 6 heteroatoms. The summed E-state index contributed by atoms with van der Waals surface area (Å²) in [4.78, 5) is 21.1. The maximum absolute atomic E-state index is 11.2. The number of rotatable bonds is 7. The lowest BCUT2D eigenvalue weighted by Crippen LogP contribution is -2.15. The van der Waals surface area contributed by atoms with Crippen molar-refractivity contribution >= 4 is 11.7 Å². The summed E-state index contributed by atoms with van der Waals surface area (Å²) < 4.78 is 10.0. The molecule has 0 amide bonds. The lowest BCUT2D eigenvalue weighted by atomic mass is 10.3. The summed E-state index contributed by atoms with van der Waals surface area (Å²) in [5.74, 6) is -0.0464. The molecule has 0 atom stereocenters. The first kappa shape index (κ1) is 14.0. The molecule has 0 spiro atoms. The predicted molar refractivity (Wildman–Crippen MR) is 64.5 cm³/mol. The summed E-state index contributed by atoms with van der Waals surface area (Å²) >= 11 is 0. The van der Waals surface area contributed by atoms with Crippen LogP contribution in [-0.2, 0) is 9.53 Å². The van der Waals surface area contributed by atoms with Crippen LogP contribution in [-0.4, -0.2) is 24.1 Å². The summed E-state index contributed by atoms with van der Waals surface area (Å²) in [6.07, 6.45) is 1.78. The Morgan fingerprint density at radius 1 is 1.33 bits per heavy atom. The molecule has 18 heavy (non-hydrogen) atoms. The molecule has 0 radical (unpaired) electrons. The predicted octanol–water partition coefficient (Wildman–Crippen LogP) is 2.32. The number of hydrogen-bond donors (Lipinski definition) is 0. The maximum Gasteiger partial charge on any atom is 0.344 e. The highest BCUT2D eigenvalue weighted by molar-refractivity contribution is 5.71. The van der Waals surface area contributed by atoms with E-state index in [0.29, 0.717) is 12.4 Å². The van der Waals surface area contributed by atoms with E-state index in [1.165, 1.54) is 24.3 Å². The number of nitro benzene ring substituents is 1. The van der Waals surface area contributed by atoms with E-state index in [4.69, 9.17) is 9.47 Å². The van der Waals surface area contributed by atoms with Gasteiger partial charge in [-0.25, -0.2) is 4.79 Å². The van der Waals surface area contributed by atoms with E-state index in [1.807, 2.05) is 6.92 Å². The number of carbonyl (C=O) groups excluding carboxylic acids is 1. The van der Waals surface area contributed by atoms with Gasteiger partial charge < -0.3 is 9.47 Å². The Morgan fingerprint density at radius 3 is 2.56 bits per heavy atom. The Bertz CT molecular complexity index is 401. The summed E-state index contributed by atoms with van der Waals surface area (Å²) in [5, 5.41) is 10.4. The molecule has 1 aromatic carbocycles. The zero-order valence-electron chi connectivity index (χ0n) is 10.1. The van der Waals surface area contributed by atoms with Crippen molar-refractivity contribution in [1.29, 1.82) is 0 Å². The molecular weight excluding hydrogens is 238 g/mol. The summed E-state index contributed by atoms with van der Waals surface area (Å²) in [6, 6.07) is 5.52. The van der Waals surface area contributed by atoms with Gasteiger partial charge in [0.15, 0.2) is 6.61 Å². The minimum atomic E-state index is -0.497. The van der Waals surface area contributed by atoms with Crippen molar-refractivity contribution in [2.24, 2.45) is 0 Å². The summed E-state index contributed by atoms with van der Waals surface area (Å²) in [7, 11) is 0. The number of hydrogen-bond acceptors (Lipinski definition) is 5. The topological polar surface area (TPSA) is 78.7 Å². The van der Waals surface area contributed by atoms with Crippen LogP contribution in [0.15, 0.2) is 24.3 Å². The first-order chi connectivity index (χ1) is 8.63. The molecule has 6 nitrogen and oxygen atoms in total. The van der Waals surface area contributed by atoms with Gasteiger partial charge >= 0.3 is 5.97 Å². The minimum absolute atomic E-state index is 0.0205. The molecular formula is C12H15NO5. The van der Waals surface area contributed by atoms with E-state index in [1.54, 1.807) is 0 Å². The standard InChI is InChI=1S/C12H15NO5/c1-2-3-8-17-12(14)9-18-11-6-4-10(5-7-11)13(15)16/h4-7H,2-3,8-9H2,1H3. The smallest absolute Gasteiger partial charge is 0.344 e. The molecule has 0 saturated carbocycles. The molecule has 0 fully saturated rings. The van der Waals surface area contributed by atoms with Crippen LogP contribution in [0.2, 0.25) is 0 Å². The molecule has 1 aromatic rings. The zero-order valence-corrected chi connectivity index (χ0v) is 10.1. The van der Waals surface area contributed by atoms with Crippen LogP contribution in [0.25, 0.3) is 0 Å². The van der Waals surface area contributed by atoms with Crippen LogP contribution in [0.3, 0.4) is 0 Å². The third kappa shape index (κ3) is 4.82. The molecule has 0 saturated heterocycles. The molecule has 0 N–H and O–H groups in total. The second kappa shape index (κ2) is 7.26. The molecule has 0 bridgehead atoms. The number of ether oxygens (including phenoxy) is 2. The molecule has 0 aromatic heterocycles. The summed E-state index contributed by atoms with van der Waals surface area (Å²) in [6.45, 7) is 2.20. The Hall–Kier alpha value is -2.11. The Labute approximate surface area is 105 Å². The van der Waals surface area contributed by atoms with Gasteiger partial charge in [-0.05, 0) is 18.6 Å². The maximum atomic E-state index is 11.2. The number of carbonyl (C=O) groups is 1. The number of esters is 1. The fourth-order valence-corrected chi connectivity index (χ4v) is 1.18. The quantitative estimate of drug-likeness (QED) is 0.322. The van der Waals surface area contributed by atoms with Gasteiger partial charge in [-0.15, -0.1) is 0 Å². The van der Waals surface area contributed by atoms with Crippen LogP contribution in [0, 0.1) is 10.1 Å². The van der Waals surface area contributed by atoms with E-state index in [-0.39, 0.29) is 12.3 Å². The highest BCUT2D eigenvalue weighted by atomic mass is 16.6. The van der Waals surface area contributed by atoms with Gasteiger partial charge in [0, 0.05) is 12.1 Å². The van der Waals surface area contributed by atoms with E-state index in [9.17, 15) is 14.9 Å². The molecule has 0 heterocycles. The highest BCUT2D eigenvalue weighted by Crippen LogP contribution is 2.17. The monoisotopic (exact) mass is 253 g/mol. The van der Waals surface area contributed by atoms with Crippen LogP contribution >= 0.6 is 0 Å². The Morgan fingerprint density at radius 2 is 2.00 bits per heavy atom. The van der Waals surface area contributed by atoms with Crippen LogP contribution in [0.4, 0.5) is 5.69 Å². The van der Waals surface area contributed by atoms with E-state index in [0.717, 1.165) is 12.8 Å². The van der Waals surface area contributed by atoms with Crippen LogP contribution in [0.1, 0.15) is 19.8 Å². The normalized spacial score (nSPS) is 9.83. The molecule has 0 aliphatic rings. The Balaban J connectivity index is 2.34. The van der Waals surface area contributed by atoms with Gasteiger partial charge in [0.05, 0.1) is 11.5 Å². The van der Waals surface area contributed by atoms with E-state index < -0.39 is 10.9 Å². The third-order valence-corrected chi connectivity index (χ3v) is 2.17. The van der Waals surface area contributed by atoms with Crippen molar-refractivity contribution in [3.63, 3.8) is 0 Å². The van der Waals surface area contributed by atoms with Crippen LogP contribution < -0.4 is 4.74 Å². The van der Waals surface area contributed by atoms with Gasteiger partial charge in [0.1, 0.15) is 5.75 Å². The van der Waals surface area contributed by atoms with Crippen molar-refractivity contribution in [1.82, 2.24) is 0 Å². The lowest BCUT2D eigenvalue weighted by molar-refractivity contribution is -0.384. The second-order valence-corrected chi connectivity index (χ2v) is 3.61. The van der Waals surface area contributed by atoms with Crippen molar-refractivity contribution in [2.75, 3.05) is 13.2 Å². The van der Waals surface area contributed by atoms with Gasteiger partial charge in [-0.3, -0.25) is 10.1 Å². The van der Waals surface area contributed by atoms with Crippen molar-refractivity contribution in [2.45, 2.75) is 19.8 Å². The second-order valence-electron chi connectivity index (χ2n) is 3.61. The average molecular weight is 253 g/mol. The fourth-order valence-electron chi connectivity index (χ4n) is 1.18. The van der Waals surface area contributed by atoms with Crippen molar-refractivity contribution in [3.8, 4) is 5.75 Å². The SMILES string of the molecule is CCCCOC(=O)COc1ccc([N+](=O)[O-])cc1. The molecule has 0 unspecified atom stereocenters. The largest absolute Gasteiger partial charge is 0.482 e. The number of non-ortho nitro benzene ring substituents is 1. The lowest BCUT2D eigenvalue weighted by Gasteiger charge is -2.06. The molecule has 0 aliphatic heterocycles. The molecule has 98 valence electrons. The summed E-state index contributed by atoms with van der Waals surface area (Å²) in [5.41, 5.74) is -0.0205. The molecule has 0 aliphatic carbocycles. The minimum Gasteiger partial charge on any atom is -0.482 e. The average Bonchev–Trinajstić information content (AvgIpc) is 2.37. The van der Waals surface area contributed by atoms with Crippen molar-refractivity contribution < 1.29 is 19.2 Å². The number of nitrogens with zero attached hydrogens (tertiary/aromatic N) is 1. The van der Waals surface area contributed by atoms with Gasteiger partial charge in [-0.1, -0.05) is 13.3 Å². The fraction of sp³-hybridized carbons (Fsp3) is 0.417. The van der Waals surface area contributed by atoms with Gasteiger partial charge in [-0.2, -0.15) is 0 Å². The van der Waals surface area contributed by atoms with Crippen LogP contribution in [0.5, 0.6) is 5.75 Å². The number of unbranched alkanes of at least 4 members (excludes halogenated alkanes) is 1. The van der Waals surface area contributed by atoms with E-state index >= 15 is 0 Å². The number of benzene rings is 1. The highest BCUT2D eigenvalue weighted by Gasteiger charge is 2.06. The van der Waals surface area contributed by atoms with Gasteiger partial charge in [0.2, 0.25) is 0 Å².